The summed E-state index contributed by atoms with van der Waals surface area (Å²) in [7, 11) is 0. The molecule has 2 heterocycles. The van der Waals surface area contributed by atoms with Gasteiger partial charge < -0.3 is 14.9 Å². The Morgan fingerprint density at radius 1 is 1.21 bits per heavy atom. The number of nitrogens with one attached hydrogen (secondary N) is 2. The number of imidazole rings is 1. The molecule has 0 saturated heterocycles. The average molecular weight is 402 g/mol. The lowest BCUT2D eigenvalue weighted by molar-refractivity contribution is -0.125. The molecule has 0 aliphatic heterocycles. The highest BCUT2D eigenvalue weighted by Gasteiger charge is 2.26. The van der Waals surface area contributed by atoms with Crippen LogP contribution in [-0.4, -0.2) is 33.9 Å². The van der Waals surface area contributed by atoms with E-state index >= 15 is 0 Å². The van der Waals surface area contributed by atoms with Crippen LogP contribution in [0.5, 0.6) is 0 Å². The fourth-order valence-corrected chi connectivity index (χ4v) is 2.91. The maximum Gasteiger partial charge on any atom is 0.401 e. The van der Waals surface area contributed by atoms with Crippen molar-refractivity contribution in [1.82, 2.24) is 20.2 Å². The molecule has 3 rings (SSSR count). The van der Waals surface area contributed by atoms with Gasteiger partial charge in [-0.3, -0.25) is 0 Å². The van der Waals surface area contributed by atoms with Crippen molar-refractivity contribution in [1.29, 1.82) is 0 Å². The van der Waals surface area contributed by atoms with Crippen LogP contribution in [0.3, 0.4) is 0 Å². The number of nitrogens with zero attached hydrogens (tertiary/aromatic N) is 2. The van der Waals surface area contributed by atoms with Gasteiger partial charge in [0.15, 0.2) is 0 Å². The van der Waals surface area contributed by atoms with Gasteiger partial charge in [0, 0.05) is 24.8 Å². The Balaban J connectivity index is 1.96. The summed E-state index contributed by atoms with van der Waals surface area (Å²) in [5.41, 5.74) is 6.33. The van der Waals surface area contributed by atoms with Gasteiger partial charge in [0.2, 0.25) is 0 Å². The summed E-state index contributed by atoms with van der Waals surface area (Å²) in [6.45, 7) is 3.00. The molecule has 0 aliphatic carbocycles. The third-order valence-corrected chi connectivity index (χ3v) is 4.23. The van der Waals surface area contributed by atoms with Crippen LogP contribution in [0.4, 0.5) is 13.2 Å². The van der Waals surface area contributed by atoms with Gasteiger partial charge in [-0.05, 0) is 23.3 Å². The number of aromatic nitrogens is 2. The Bertz CT molecular complexity index is 1010. The topological polar surface area (TPSA) is 61.6 Å². The zero-order chi connectivity index (χ0) is 20.9. The molecule has 0 atom stereocenters. The number of hydrogen-bond acceptors (Lipinski definition) is 4. The lowest BCUT2D eigenvalue weighted by Gasteiger charge is -2.10. The molecule has 0 fully saturated rings. The van der Waals surface area contributed by atoms with E-state index in [-0.39, 0.29) is 13.1 Å². The van der Waals surface area contributed by atoms with Crippen molar-refractivity contribution < 1.29 is 18.4 Å². The van der Waals surface area contributed by atoms with E-state index in [9.17, 15) is 13.2 Å². The van der Waals surface area contributed by atoms with Crippen molar-refractivity contribution in [2.24, 2.45) is 0 Å². The highest BCUT2D eigenvalue weighted by Crippen LogP contribution is 2.25. The molecular formula is C21H21F3N4O. The van der Waals surface area contributed by atoms with Gasteiger partial charge in [0.05, 0.1) is 17.9 Å². The van der Waals surface area contributed by atoms with Gasteiger partial charge in [-0.2, -0.15) is 13.2 Å². The molecular weight excluding hydrogens is 381 g/mol. The summed E-state index contributed by atoms with van der Waals surface area (Å²) >= 11 is 0. The molecule has 0 unspecified atom stereocenters. The number of fused-ring (bicyclic) bond motifs is 1. The van der Waals surface area contributed by atoms with Gasteiger partial charge in [-0.25, -0.2) is 10.5 Å². The van der Waals surface area contributed by atoms with Crippen molar-refractivity contribution >= 4 is 11.7 Å². The molecule has 0 aliphatic rings. The van der Waals surface area contributed by atoms with Crippen LogP contribution in [0.2, 0.25) is 0 Å². The van der Waals surface area contributed by atoms with Crippen LogP contribution in [0, 0.1) is 0 Å². The van der Waals surface area contributed by atoms with Crippen molar-refractivity contribution in [2.45, 2.75) is 12.7 Å². The normalized spacial score (nSPS) is 12.1. The number of halogens is 3. The Morgan fingerprint density at radius 2 is 1.97 bits per heavy atom. The Labute approximate surface area is 166 Å². The van der Waals surface area contributed by atoms with Crippen LogP contribution in [0.15, 0.2) is 66.9 Å². The smallest absolute Gasteiger partial charge is 0.316 e. The summed E-state index contributed by atoms with van der Waals surface area (Å²) in [6, 6.07) is 13.0. The summed E-state index contributed by atoms with van der Waals surface area (Å²) in [5, 5.41) is 11.2. The average Bonchev–Trinajstić information content (AvgIpc) is 3.04. The fraction of sp³-hybridized carbons (Fsp3) is 0.190. The van der Waals surface area contributed by atoms with E-state index < -0.39 is 12.7 Å². The molecule has 152 valence electrons. The van der Waals surface area contributed by atoms with Gasteiger partial charge in [0.1, 0.15) is 5.65 Å². The molecule has 29 heavy (non-hydrogen) atoms. The van der Waals surface area contributed by atoms with Crippen LogP contribution in [-0.2, 0) is 6.54 Å². The van der Waals surface area contributed by atoms with E-state index in [0.29, 0.717) is 22.6 Å². The first-order valence-corrected chi connectivity index (χ1v) is 8.94. The first kappa shape index (κ1) is 20.8. The summed E-state index contributed by atoms with van der Waals surface area (Å²) in [4.78, 5) is 4.66. The Morgan fingerprint density at radius 3 is 2.66 bits per heavy atom. The minimum atomic E-state index is -4.28. The molecule has 1 aromatic carbocycles. The third kappa shape index (κ3) is 5.54. The van der Waals surface area contributed by atoms with Gasteiger partial charge >= 0.3 is 6.18 Å². The van der Waals surface area contributed by atoms with E-state index in [1.165, 1.54) is 0 Å². The van der Waals surface area contributed by atoms with Gasteiger partial charge in [0.25, 0.3) is 0 Å². The number of alkyl halides is 3. The van der Waals surface area contributed by atoms with Crippen LogP contribution < -0.4 is 10.8 Å². The molecule has 0 saturated carbocycles. The maximum absolute atomic E-state index is 12.6. The van der Waals surface area contributed by atoms with Crippen molar-refractivity contribution in [3.63, 3.8) is 0 Å². The molecule has 8 heteroatoms. The predicted molar refractivity (Wildman–Crippen MR) is 106 cm³/mol. The summed E-state index contributed by atoms with van der Waals surface area (Å²) in [5.74, 6) is 0. The van der Waals surface area contributed by atoms with Crippen LogP contribution in [0.25, 0.3) is 23.0 Å². The number of hydroxylamine groups is 1. The number of pyridine rings is 1. The number of benzene rings is 1. The number of hydrogen-bond donors (Lipinski definition) is 3. The number of rotatable bonds is 8. The van der Waals surface area contributed by atoms with E-state index in [1.54, 1.807) is 16.7 Å². The SMILES string of the molecule is C=C(/C=C/c1ccn2c(CNCC(F)(F)F)c(-c3ccccc3)nc2c1)CNO. The van der Waals surface area contributed by atoms with Gasteiger partial charge in [-0.1, -0.05) is 49.1 Å². The zero-order valence-corrected chi connectivity index (χ0v) is 15.6. The predicted octanol–water partition coefficient (Wildman–Crippen LogP) is 4.20. The summed E-state index contributed by atoms with van der Waals surface area (Å²) < 4.78 is 39.5. The molecule has 0 amide bonds. The van der Waals surface area contributed by atoms with Crippen molar-refractivity contribution in [3.8, 4) is 11.3 Å². The second-order valence-corrected chi connectivity index (χ2v) is 6.51. The second-order valence-electron chi connectivity index (χ2n) is 6.51. The van der Waals surface area contributed by atoms with Crippen LogP contribution >= 0.6 is 0 Å². The quantitative estimate of drug-likeness (QED) is 0.390. The first-order chi connectivity index (χ1) is 13.9. The molecule has 0 bridgehead atoms. The van der Waals surface area contributed by atoms with E-state index in [2.05, 4.69) is 16.9 Å². The lowest BCUT2D eigenvalue weighted by atomic mass is 10.1. The highest BCUT2D eigenvalue weighted by atomic mass is 19.4. The standard InChI is InChI=1S/C21H21F3N4O/c1-15(12-26-29)7-8-16-9-10-28-18(13-25-14-21(22,23)24)20(27-19(28)11-16)17-5-3-2-4-6-17/h2-11,25-26,29H,1,12-14H2/b8-7+. The zero-order valence-electron chi connectivity index (χ0n) is 15.6. The second kappa shape index (κ2) is 9.04. The molecule has 5 nitrogen and oxygen atoms in total. The van der Waals surface area contributed by atoms with Crippen molar-refractivity contribution in [3.05, 3.63) is 78.1 Å². The molecule has 3 N–H and O–H groups in total. The molecule has 3 aromatic rings. The third-order valence-electron chi connectivity index (χ3n) is 4.23. The molecule has 0 radical (unpaired) electrons. The van der Waals surface area contributed by atoms with E-state index in [1.807, 2.05) is 54.0 Å². The summed E-state index contributed by atoms with van der Waals surface area (Å²) in [6.07, 6.45) is 1.10. The minimum Gasteiger partial charge on any atom is -0.316 e. The van der Waals surface area contributed by atoms with Crippen LogP contribution in [0.1, 0.15) is 11.3 Å². The molecule has 2 aromatic heterocycles. The molecule has 0 spiro atoms. The van der Waals surface area contributed by atoms with E-state index in [0.717, 1.165) is 11.1 Å². The first-order valence-electron chi connectivity index (χ1n) is 8.94. The monoisotopic (exact) mass is 402 g/mol. The Kier molecular flexibility index (Phi) is 6.48. The van der Waals surface area contributed by atoms with Gasteiger partial charge in [-0.15, -0.1) is 0 Å². The fourth-order valence-electron chi connectivity index (χ4n) is 2.91. The van der Waals surface area contributed by atoms with Crippen molar-refractivity contribution in [2.75, 3.05) is 13.1 Å². The Hall–Kier alpha value is -2.94. The minimum absolute atomic E-state index is 0.0269. The maximum atomic E-state index is 12.6. The highest BCUT2D eigenvalue weighted by molar-refractivity contribution is 5.68. The lowest BCUT2D eigenvalue weighted by Crippen LogP contribution is -2.28. The largest absolute Gasteiger partial charge is 0.401 e. The van der Waals surface area contributed by atoms with E-state index in [4.69, 9.17) is 5.21 Å².